The van der Waals surface area contributed by atoms with Crippen LogP contribution in [-0.2, 0) is 66.4 Å². The summed E-state index contributed by atoms with van der Waals surface area (Å²) < 4.78 is 105. The zero-order chi connectivity index (χ0) is 52.9. The number of methoxy groups -OCH3 is 1. The fourth-order valence-corrected chi connectivity index (χ4v) is 13.2. The van der Waals surface area contributed by atoms with E-state index in [0.29, 0.717) is 0 Å². The third-order valence-electron chi connectivity index (χ3n) is 11.5. The molecule has 73 heavy (non-hydrogen) atoms. The van der Waals surface area contributed by atoms with Gasteiger partial charge in [0.1, 0.15) is 49.0 Å². The highest BCUT2D eigenvalue weighted by Crippen LogP contribution is 2.68. The maximum atomic E-state index is 14.1. The van der Waals surface area contributed by atoms with E-state index in [1.807, 2.05) is 4.98 Å². The Bertz CT molecular complexity index is 3290. The summed E-state index contributed by atoms with van der Waals surface area (Å²) in [6.45, 7) is -3.45. The number of aromatic nitrogens is 10. The number of hydrogen-bond acceptors (Lipinski definition) is 26. The molecule has 3 saturated heterocycles. The Balaban J connectivity index is 0.947. The predicted molar refractivity (Wildman–Crippen MR) is 236 cm³/mol. The lowest BCUT2D eigenvalue weighted by Gasteiger charge is -2.21. The van der Waals surface area contributed by atoms with Crippen molar-refractivity contribution in [3.05, 3.63) is 72.9 Å². The normalized spacial score (nSPS) is 30.0. The van der Waals surface area contributed by atoms with E-state index in [-0.39, 0.29) is 34.1 Å². The quantitative estimate of drug-likeness (QED) is 0.0125. The van der Waals surface area contributed by atoms with Crippen LogP contribution >= 0.6 is 31.5 Å². The third kappa shape index (κ3) is 11.2. The molecular formula is C32H43N15O22P4+2. The first kappa shape index (κ1) is 54.0. The molecule has 5 aromatic rings. The minimum absolute atomic E-state index is 0.00299. The number of aromatic amines is 2. The molecule has 3 aliphatic heterocycles. The number of H-pyrrole nitrogens is 2. The van der Waals surface area contributed by atoms with E-state index in [1.54, 1.807) is 0 Å². The minimum atomic E-state index is -6.18. The summed E-state index contributed by atoms with van der Waals surface area (Å²) in [5.41, 5.74) is 16.8. The number of aliphatic hydroxyl groups is 3. The number of phosphoric acid groups is 3. The summed E-state index contributed by atoms with van der Waals surface area (Å²) in [6.07, 6.45) is -10.8. The summed E-state index contributed by atoms with van der Waals surface area (Å²) in [5, 5.41) is 36.1. The molecule has 5 aromatic heterocycles. The molecule has 0 aliphatic carbocycles. The van der Waals surface area contributed by atoms with Crippen LogP contribution in [0.4, 0.5) is 11.8 Å². The first-order valence-electron chi connectivity index (χ1n) is 20.8. The van der Waals surface area contributed by atoms with Crippen LogP contribution < -0.4 is 32.8 Å². The zero-order valence-corrected chi connectivity index (χ0v) is 40.8. The lowest BCUT2D eigenvalue weighted by Crippen LogP contribution is -2.45. The Kier molecular flexibility index (Phi) is 15.6. The molecular weight excluding hydrogens is 1070 g/mol. The van der Waals surface area contributed by atoms with Gasteiger partial charge in [-0.1, -0.05) is 10.1 Å². The van der Waals surface area contributed by atoms with Crippen molar-refractivity contribution in [1.29, 1.82) is 0 Å². The van der Waals surface area contributed by atoms with Gasteiger partial charge in [-0.15, -0.1) is 4.52 Å². The van der Waals surface area contributed by atoms with Crippen LogP contribution in [0.2, 0.25) is 0 Å². The number of nitrogens with one attached hydrogen (secondary N) is 2. The van der Waals surface area contributed by atoms with Crippen molar-refractivity contribution in [3.63, 3.8) is 0 Å². The first-order chi connectivity index (χ1) is 34.4. The molecule has 16 atom stereocenters. The predicted octanol–water partition coefficient (Wildman–Crippen LogP) is -2.68. The summed E-state index contributed by atoms with van der Waals surface area (Å²) in [4.78, 5) is 91.3. The monoisotopic (exact) mass is 1110 g/mol. The van der Waals surface area contributed by atoms with Crippen molar-refractivity contribution in [2.24, 2.45) is 18.1 Å². The van der Waals surface area contributed by atoms with E-state index in [0.717, 1.165) is 30.3 Å². The Labute approximate surface area is 405 Å². The van der Waals surface area contributed by atoms with Gasteiger partial charge in [-0.05, 0) is 10.1 Å². The summed E-state index contributed by atoms with van der Waals surface area (Å²) in [5.74, 6) is -1.57. The second-order valence-corrected chi connectivity index (χ2v) is 22.1. The number of ether oxygens (including phenoxy) is 4. The molecule has 396 valence electrons. The Morgan fingerprint density at radius 1 is 0.904 bits per heavy atom. The van der Waals surface area contributed by atoms with Crippen LogP contribution in [0, 0.1) is 5.92 Å². The van der Waals surface area contributed by atoms with Crippen molar-refractivity contribution >= 4 is 65.6 Å². The number of rotatable bonds is 20. The molecule has 41 heteroatoms. The molecule has 4 unspecified atom stereocenters. The SMILES string of the molecule is CO[C@@H]1[C@H]([P+](=O)OC[C@H]2O[C@@H](n3ccc(=O)[nH]c3=O)[C@H](O)[C@@H]2O)[C@@H](COP(=O)(O)OP(=O)(O)OP(=O)(O)OC[C@H]2O[C@@H]([n+]3cn(C)c4c(=O)[nH]c(N)nc43)[C@H](O)[C@@H]2CN=[N+]=[N-])O[C@H]1n1cnc2c(N)ncnc21. The highest BCUT2D eigenvalue weighted by atomic mass is 31.3. The molecule has 3 fully saturated rings. The smallest absolute Gasteiger partial charge is 0.387 e. The van der Waals surface area contributed by atoms with Crippen molar-refractivity contribution in [1.82, 2.24) is 43.6 Å². The highest BCUT2D eigenvalue weighted by molar-refractivity contribution is 7.66. The average molecular weight is 1110 g/mol. The Morgan fingerprint density at radius 3 is 2.26 bits per heavy atom. The number of nitrogen functional groups attached to an aromatic ring is 2. The van der Waals surface area contributed by atoms with Gasteiger partial charge >= 0.3 is 42.8 Å². The van der Waals surface area contributed by atoms with Gasteiger partial charge in [0.25, 0.3) is 17.1 Å². The lowest BCUT2D eigenvalue weighted by molar-refractivity contribution is -0.745. The molecule has 8 heterocycles. The Morgan fingerprint density at radius 2 is 1.59 bits per heavy atom. The van der Waals surface area contributed by atoms with E-state index < -0.39 is 148 Å². The van der Waals surface area contributed by atoms with E-state index in [1.165, 1.54) is 33.4 Å². The fourth-order valence-electron chi connectivity index (χ4n) is 8.26. The van der Waals surface area contributed by atoms with Gasteiger partial charge in [-0.3, -0.25) is 42.3 Å². The van der Waals surface area contributed by atoms with Gasteiger partial charge in [0.2, 0.25) is 17.4 Å². The average Bonchev–Trinajstić information content (AvgIpc) is 4.11. The van der Waals surface area contributed by atoms with Crippen molar-refractivity contribution in [2.75, 3.05) is 44.9 Å². The summed E-state index contributed by atoms with van der Waals surface area (Å²) in [7, 11) is -18.4. The zero-order valence-electron chi connectivity index (χ0n) is 37.2. The van der Waals surface area contributed by atoms with E-state index >= 15 is 0 Å². The third-order valence-corrected chi connectivity index (χ3v) is 17.2. The number of fused-ring (bicyclic) bond motifs is 2. The molecule has 8 rings (SSSR count). The standard InChI is InChI=1S/C32H41N15O22P4/c1-44-11-47(26-18(44)27(52)42-31(34)41-26)28-19(49)12(5-39-43-35)13(65-28)7-63-71(55,56)68-73(59,60)69-72(57,58)64-8-15-23(22(61-2)30(67-15)46-10-38-17-24(33)36-9-37-25(17)46)70(54)62-6-14-20(50)21(51)29(66-14)45-4-3-16(48)40-32(45)53/h3-4,9-15,19-23,28-30,49-51H,5-8H2,1-2H3,(H7-2,33,34,36,37,40,41,42,48,52,53,55,56,57,58,59,60)/p+2/t12-,13-,14-,15-,19-,20-,21-,22-,23-,28-,29-,30-/m1/s1. The van der Waals surface area contributed by atoms with Crippen molar-refractivity contribution in [2.45, 2.75) is 67.1 Å². The number of anilines is 2. The highest BCUT2D eigenvalue weighted by Gasteiger charge is 2.60. The number of aliphatic hydroxyl groups excluding tert-OH is 3. The van der Waals surface area contributed by atoms with Gasteiger partial charge in [0.05, 0.1) is 32.7 Å². The maximum Gasteiger partial charge on any atom is 0.517 e. The van der Waals surface area contributed by atoms with Gasteiger partial charge in [-0.2, -0.15) is 8.62 Å². The van der Waals surface area contributed by atoms with Crippen LogP contribution in [-0.4, -0.2) is 155 Å². The van der Waals surface area contributed by atoms with Gasteiger partial charge in [0.15, 0.2) is 36.4 Å². The second kappa shape index (κ2) is 21.1. The number of azide groups is 1. The van der Waals surface area contributed by atoms with Gasteiger partial charge in [-0.25, -0.2) is 38.0 Å². The van der Waals surface area contributed by atoms with Crippen LogP contribution in [0.25, 0.3) is 32.8 Å². The van der Waals surface area contributed by atoms with Crippen molar-refractivity contribution < 1.29 is 94.0 Å². The lowest BCUT2D eigenvalue weighted by atomic mass is 9.98. The molecule has 0 amide bonds. The second-order valence-electron chi connectivity index (χ2n) is 16.0. The Hall–Kier alpha value is -5.32. The number of imidazole rings is 2. The maximum absolute atomic E-state index is 14.1. The van der Waals surface area contributed by atoms with Crippen LogP contribution in [0.3, 0.4) is 0 Å². The van der Waals surface area contributed by atoms with Crippen LogP contribution in [0.5, 0.6) is 0 Å². The summed E-state index contributed by atoms with van der Waals surface area (Å²) >= 11 is 0. The molecule has 37 nitrogen and oxygen atoms in total. The van der Waals surface area contributed by atoms with Gasteiger partial charge in [0, 0.05) is 36.7 Å². The number of nitrogens with zero attached hydrogens (tertiary/aromatic N) is 11. The molecule has 12 N–H and O–H groups in total. The molecule has 0 saturated carbocycles. The number of aryl methyl sites for hydroxylation is 1. The van der Waals surface area contributed by atoms with Gasteiger partial charge < -0.3 is 60.4 Å². The number of hydrogen-bond donors (Lipinski definition) is 10. The molecule has 0 aromatic carbocycles. The molecule has 0 spiro atoms. The molecule has 0 radical (unpaired) electrons. The van der Waals surface area contributed by atoms with E-state index in [9.17, 15) is 62.6 Å². The van der Waals surface area contributed by atoms with E-state index in [4.69, 9.17) is 49.5 Å². The molecule has 0 bridgehead atoms. The van der Waals surface area contributed by atoms with Crippen LogP contribution in [0.15, 0.2) is 50.7 Å². The van der Waals surface area contributed by atoms with Crippen molar-refractivity contribution in [3.8, 4) is 0 Å². The van der Waals surface area contributed by atoms with Crippen LogP contribution in [0.1, 0.15) is 18.7 Å². The largest absolute Gasteiger partial charge is 0.517 e. The fraction of sp³-hybridized carbons (Fsp3) is 0.562. The topological polar surface area (TPSA) is 527 Å². The summed E-state index contributed by atoms with van der Waals surface area (Å²) in [6, 6.07) is 0.957. The molecule has 3 aliphatic rings. The first-order valence-corrected chi connectivity index (χ1v) is 26.5. The minimum Gasteiger partial charge on any atom is -0.387 e. The number of phosphoric ester groups is 2. The van der Waals surface area contributed by atoms with E-state index in [2.05, 4.69) is 43.6 Å². The number of nitrogens with two attached hydrogens (primary N) is 2.